The van der Waals surface area contributed by atoms with Crippen LogP contribution >= 0.6 is 11.6 Å². The number of rotatable bonds is 3. The van der Waals surface area contributed by atoms with E-state index in [0.29, 0.717) is 5.16 Å². The number of nitrogens with zero attached hydrogens (tertiary/aromatic N) is 2. The Morgan fingerprint density at radius 3 is 2.05 bits per heavy atom. The van der Waals surface area contributed by atoms with Gasteiger partial charge in [-0.3, -0.25) is 4.90 Å². The van der Waals surface area contributed by atoms with Crippen LogP contribution in [0.2, 0.25) is 0 Å². The topological polar surface area (TPSA) is 15.6 Å². The number of aliphatic imine (C=N–C) groups is 1. The molecule has 0 amide bonds. The highest BCUT2D eigenvalue weighted by molar-refractivity contribution is 6.33. The van der Waals surface area contributed by atoms with Crippen LogP contribution in [0.5, 0.6) is 0 Å². The van der Waals surface area contributed by atoms with Crippen molar-refractivity contribution < 1.29 is 0 Å². The number of amidine groups is 1. The van der Waals surface area contributed by atoms with Gasteiger partial charge in [-0.1, -0.05) is 54.6 Å². The highest BCUT2D eigenvalue weighted by Crippen LogP contribution is 2.22. The molecule has 0 fully saturated rings. The Labute approximate surface area is 118 Å². The van der Waals surface area contributed by atoms with E-state index in [0.717, 1.165) is 17.2 Å². The number of hydrogen-bond donors (Lipinski definition) is 0. The van der Waals surface area contributed by atoms with Crippen molar-refractivity contribution in [2.45, 2.75) is 6.92 Å². The van der Waals surface area contributed by atoms with Gasteiger partial charge in [0.1, 0.15) is 11.0 Å². The van der Waals surface area contributed by atoms with Crippen LogP contribution in [-0.4, -0.2) is 5.84 Å². The number of anilines is 1. The summed E-state index contributed by atoms with van der Waals surface area (Å²) in [6.45, 7) is 5.72. The molecule has 0 heterocycles. The van der Waals surface area contributed by atoms with Gasteiger partial charge in [0.25, 0.3) is 0 Å². The molecule has 2 aromatic rings. The second-order valence-corrected chi connectivity index (χ2v) is 4.48. The van der Waals surface area contributed by atoms with Gasteiger partial charge in [0, 0.05) is 5.69 Å². The predicted molar refractivity (Wildman–Crippen MR) is 83.1 cm³/mol. The van der Waals surface area contributed by atoms with E-state index in [1.54, 1.807) is 0 Å². The Morgan fingerprint density at radius 2 is 1.53 bits per heavy atom. The van der Waals surface area contributed by atoms with E-state index in [2.05, 4.69) is 11.6 Å². The largest absolute Gasteiger partial charge is 0.289 e. The maximum atomic E-state index is 6.09. The maximum Gasteiger partial charge on any atom is 0.111 e. The first-order valence-electron chi connectivity index (χ1n) is 5.98. The molecule has 2 aromatic carbocycles. The maximum absolute atomic E-state index is 6.09. The third kappa shape index (κ3) is 3.46. The van der Waals surface area contributed by atoms with Crippen molar-refractivity contribution in [2.75, 3.05) is 4.90 Å². The molecule has 0 atom stereocenters. The van der Waals surface area contributed by atoms with Gasteiger partial charge in [-0.2, -0.15) is 0 Å². The first kappa shape index (κ1) is 13.4. The summed E-state index contributed by atoms with van der Waals surface area (Å²) < 4.78 is 0. The van der Waals surface area contributed by atoms with E-state index in [-0.39, 0.29) is 0 Å². The molecule has 19 heavy (non-hydrogen) atoms. The summed E-state index contributed by atoms with van der Waals surface area (Å²) in [5.74, 6) is 0.775. The fourth-order valence-electron chi connectivity index (χ4n) is 1.82. The van der Waals surface area contributed by atoms with Crippen LogP contribution in [0.25, 0.3) is 0 Å². The molecule has 96 valence electrons. The normalized spacial score (nSPS) is 11.2. The predicted octanol–water partition coefficient (Wildman–Crippen LogP) is 4.95. The first-order valence-corrected chi connectivity index (χ1v) is 6.36. The zero-order valence-corrected chi connectivity index (χ0v) is 11.5. The molecule has 0 aromatic heterocycles. The Morgan fingerprint density at radius 1 is 1.00 bits per heavy atom. The molecule has 3 heteroatoms. The molecule has 0 spiro atoms. The summed E-state index contributed by atoms with van der Waals surface area (Å²) in [5, 5.41) is 0.420. The summed E-state index contributed by atoms with van der Waals surface area (Å²) in [6, 6.07) is 19.6. The SMILES string of the molecule is C=C(Cl)N(C(C)=Nc1ccccc1)c1ccccc1. The van der Waals surface area contributed by atoms with E-state index in [9.17, 15) is 0 Å². The minimum Gasteiger partial charge on any atom is -0.289 e. The van der Waals surface area contributed by atoms with Crippen molar-refractivity contribution in [3.8, 4) is 0 Å². The minimum atomic E-state index is 0.420. The molecule has 0 radical (unpaired) electrons. The van der Waals surface area contributed by atoms with E-state index in [1.165, 1.54) is 0 Å². The van der Waals surface area contributed by atoms with Gasteiger partial charge < -0.3 is 0 Å². The number of hydrogen-bond acceptors (Lipinski definition) is 1. The Bertz CT molecular complexity index is 576. The van der Waals surface area contributed by atoms with Gasteiger partial charge in [-0.05, 0) is 31.2 Å². The van der Waals surface area contributed by atoms with Crippen LogP contribution in [0.4, 0.5) is 11.4 Å². The zero-order valence-electron chi connectivity index (χ0n) is 10.8. The third-order valence-corrected chi connectivity index (χ3v) is 2.80. The van der Waals surface area contributed by atoms with Gasteiger partial charge in [0.15, 0.2) is 0 Å². The van der Waals surface area contributed by atoms with E-state index >= 15 is 0 Å². The van der Waals surface area contributed by atoms with Gasteiger partial charge in [-0.15, -0.1) is 0 Å². The molecule has 0 N–H and O–H groups in total. The molecule has 0 saturated heterocycles. The summed E-state index contributed by atoms with van der Waals surface area (Å²) >= 11 is 6.09. The minimum absolute atomic E-state index is 0.420. The second-order valence-electron chi connectivity index (χ2n) is 4.04. The van der Waals surface area contributed by atoms with E-state index < -0.39 is 0 Å². The van der Waals surface area contributed by atoms with Crippen molar-refractivity contribution in [2.24, 2.45) is 4.99 Å². The average Bonchev–Trinajstić information content (AvgIpc) is 2.40. The van der Waals surface area contributed by atoms with Crippen LogP contribution in [0, 0.1) is 0 Å². The van der Waals surface area contributed by atoms with Gasteiger partial charge in [0.05, 0.1) is 5.69 Å². The molecule has 0 unspecified atom stereocenters. The standard InChI is InChI=1S/C16H15ClN2/c1-13(17)19(16-11-7-4-8-12-16)14(2)18-15-9-5-3-6-10-15/h3-12H,1H2,2H3. The molecule has 0 aliphatic carbocycles. The number of para-hydroxylation sites is 2. The lowest BCUT2D eigenvalue weighted by Crippen LogP contribution is -2.24. The fraction of sp³-hybridized carbons (Fsp3) is 0.0625. The molecule has 0 aliphatic rings. The quantitative estimate of drug-likeness (QED) is 0.438. The summed E-state index contributed by atoms with van der Waals surface area (Å²) in [6.07, 6.45) is 0. The molecule has 0 saturated carbocycles. The lowest BCUT2D eigenvalue weighted by molar-refractivity contribution is 1.28. The zero-order chi connectivity index (χ0) is 13.7. The van der Waals surface area contributed by atoms with Crippen molar-refractivity contribution in [3.63, 3.8) is 0 Å². The Kier molecular flexibility index (Phi) is 4.37. The van der Waals surface area contributed by atoms with Crippen LogP contribution < -0.4 is 4.90 Å². The molecule has 0 bridgehead atoms. The fourth-order valence-corrected chi connectivity index (χ4v) is 2.04. The van der Waals surface area contributed by atoms with Crippen LogP contribution in [0.15, 0.2) is 77.4 Å². The molecule has 2 rings (SSSR count). The lowest BCUT2D eigenvalue weighted by atomic mass is 10.3. The van der Waals surface area contributed by atoms with E-state index in [4.69, 9.17) is 11.6 Å². The Hall–Kier alpha value is -2.06. The van der Waals surface area contributed by atoms with Crippen molar-refractivity contribution >= 4 is 28.8 Å². The smallest absolute Gasteiger partial charge is 0.111 e. The van der Waals surface area contributed by atoms with Crippen molar-refractivity contribution in [1.29, 1.82) is 0 Å². The molecule has 0 aliphatic heterocycles. The summed E-state index contributed by atoms with van der Waals surface area (Å²) in [7, 11) is 0. The Balaban J connectivity index is 2.35. The monoisotopic (exact) mass is 270 g/mol. The number of benzene rings is 2. The highest BCUT2D eigenvalue weighted by atomic mass is 35.5. The summed E-state index contributed by atoms with van der Waals surface area (Å²) in [4.78, 5) is 6.37. The average molecular weight is 271 g/mol. The summed E-state index contributed by atoms with van der Waals surface area (Å²) in [5.41, 5.74) is 1.83. The van der Waals surface area contributed by atoms with Crippen molar-refractivity contribution in [1.82, 2.24) is 0 Å². The first-order chi connectivity index (χ1) is 9.18. The van der Waals surface area contributed by atoms with Gasteiger partial charge in [0.2, 0.25) is 0 Å². The van der Waals surface area contributed by atoms with E-state index in [1.807, 2.05) is 72.5 Å². The van der Waals surface area contributed by atoms with Crippen LogP contribution in [0.1, 0.15) is 6.92 Å². The second kappa shape index (κ2) is 6.21. The van der Waals surface area contributed by atoms with Gasteiger partial charge >= 0.3 is 0 Å². The molecule has 2 nitrogen and oxygen atoms in total. The third-order valence-electron chi connectivity index (χ3n) is 2.63. The number of halogens is 1. The van der Waals surface area contributed by atoms with Gasteiger partial charge in [-0.25, -0.2) is 4.99 Å². The van der Waals surface area contributed by atoms with Crippen LogP contribution in [0.3, 0.4) is 0 Å². The molecular formula is C16H15ClN2. The highest BCUT2D eigenvalue weighted by Gasteiger charge is 2.11. The van der Waals surface area contributed by atoms with Crippen molar-refractivity contribution in [3.05, 3.63) is 72.4 Å². The van der Waals surface area contributed by atoms with Crippen LogP contribution in [-0.2, 0) is 0 Å². The molecular weight excluding hydrogens is 256 g/mol. The lowest BCUT2D eigenvalue weighted by Gasteiger charge is -2.22.